The molecule has 1 aliphatic heterocycles. The Balaban J connectivity index is 1.95. The number of ether oxygens (including phenoxy) is 4. The van der Waals surface area contributed by atoms with E-state index in [0.717, 1.165) is 24.2 Å². The van der Waals surface area contributed by atoms with Crippen molar-refractivity contribution < 1.29 is 23.7 Å². The zero-order valence-corrected chi connectivity index (χ0v) is 23.8. The molecule has 0 fully saturated rings. The average Bonchev–Trinajstić information content (AvgIpc) is 3.26. The molecule has 2 heterocycles. The first-order valence-corrected chi connectivity index (χ1v) is 13.9. The van der Waals surface area contributed by atoms with E-state index in [0.29, 0.717) is 50.7 Å². The summed E-state index contributed by atoms with van der Waals surface area (Å²) in [7, 11) is 3.13. The fourth-order valence-corrected chi connectivity index (χ4v) is 5.52. The number of fused-ring (bicyclic) bond motifs is 1. The number of methoxy groups -OCH3 is 2. The predicted octanol–water partition coefficient (Wildman–Crippen LogP) is 4.38. The summed E-state index contributed by atoms with van der Waals surface area (Å²) in [5.41, 5.74) is 2.17. The highest BCUT2D eigenvalue weighted by atomic mass is 32.1. The Bertz CT molecular complexity index is 1530. The van der Waals surface area contributed by atoms with Crippen LogP contribution in [0.5, 0.6) is 17.2 Å². The van der Waals surface area contributed by atoms with Crippen LogP contribution in [0.1, 0.15) is 57.2 Å². The third-order valence-corrected chi connectivity index (χ3v) is 7.26. The first kappa shape index (κ1) is 28.2. The SMILES string of the molecule is CCCOc1ccc(/C=c2/sc3n(c2=O)[C@H](c2cc(OC)ccc2OC)C(C(=O)OCC)=C(CCC)N=3)cc1. The van der Waals surface area contributed by atoms with Gasteiger partial charge in [0.2, 0.25) is 0 Å². The molecule has 4 rings (SSSR count). The molecule has 0 N–H and O–H groups in total. The Morgan fingerprint density at radius 1 is 1.03 bits per heavy atom. The molecule has 0 bridgehead atoms. The molecule has 0 radical (unpaired) electrons. The number of carbonyl (C=O) groups excluding carboxylic acids is 1. The van der Waals surface area contributed by atoms with Crippen LogP contribution in [0.25, 0.3) is 6.08 Å². The lowest BCUT2D eigenvalue weighted by molar-refractivity contribution is -0.139. The van der Waals surface area contributed by atoms with Gasteiger partial charge in [-0.3, -0.25) is 9.36 Å². The molecule has 9 heteroatoms. The monoisotopic (exact) mass is 550 g/mol. The van der Waals surface area contributed by atoms with Gasteiger partial charge in [-0.1, -0.05) is 43.7 Å². The molecule has 0 amide bonds. The third-order valence-electron chi connectivity index (χ3n) is 6.27. The van der Waals surface area contributed by atoms with Crippen molar-refractivity contribution in [3.63, 3.8) is 0 Å². The minimum atomic E-state index is -0.793. The molecule has 1 atom stereocenters. The Labute approximate surface area is 231 Å². The Morgan fingerprint density at radius 2 is 1.77 bits per heavy atom. The smallest absolute Gasteiger partial charge is 0.338 e. The molecule has 3 aromatic rings. The summed E-state index contributed by atoms with van der Waals surface area (Å²) in [6.07, 6.45) is 4.09. The van der Waals surface area contributed by atoms with E-state index in [9.17, 15) is 9.59 Å². The fraction of sp³-hybridized carbons (Fsp3) is 0.367. The predicted molar refractivity (Wildman–Crippen MR) is 151 cm³/mol. The first-order valence-electron chi connectivity index (χ1n) is 13.1. The largest absolute Gasteiger partial charge is 0.497 e. The van der Waals surface area contributed by atoms with Crippen molar-refractivity contribution in [1.82, 2.24) is 4.57 Å². The van der Waals surface area contributed by atoms with Gasteiger partial charge in [0, 0.05) is 5.56 Å². The van der Waals surface area contributed by atoms with E-state index < -0.39 is 12.0 Å². The van der Waals surface area contributed by atoms with Crippen LogP contribution in [0, 0.1) is 0 Å². The molecular weight excluding hydrogens is 516 g/mol. The summed E-state index contributed by atoms with van der Waals surface area (Å²) >= 11 is 1.29. The van der Waals surface area contributed by atoms with E-state index in [2.05, 4.69) is 6.92 Å². The highest BCUT2D eigenvalue weighted by molar-refractivity contribution is 7.07. The van der Waals surface area contributed by atoms with Gasteiger partial charge >= 0.3 is 5.97 Å². The maximum atomic E-state index is 14.0. The van der Waals surface area contributed by atoms with Gasteiger partial charge in [0.1, 0.15) is 23.3 Å². The van der Waals surface area contributed by atoms with E-state index >= 15 is 0 Å². The van der Waals surface area contributed by atoms with Crippen molar-refractivity contribution in [2.45, 2.75) is 46.1 Å². The van der Waals surface area contributed by atoms with Gasteiger partial charge in [-0.25, -0.2) is 9.79 Å². The second-order valence-electron chi connectivity index (χ2n) is 8.94. The molecular formula is C30H34N2O6S. The van der Waals surface area contributed by atoms with Gasteiger partial charge in [-0.05, 0) is 61.7 Å². The second-order valence-corrected chi connectivity index (χ2v) is 9.95. The minimum absolute atomic E-state index is 0.200. The zero-order chi connectivity index (χ0) is 27.9. The normalized spacial score (nSPS) is 15.0. The quantitative estimate of drug-likeness (QED) is 0.329. The van der Waals surface area contributed by atoms with Gasteiger partial charge in [0.05, 0.1) is 43.2 Å². The standard InChI is InChI=1S/C30H34N2O6S/c1-6-9-23-26(29(34)37-8-3)27(22-18-21(35-4)14-15-24(22)36-5)32-28(33)25(39-30(32)31-23)17-19-10-12-20(13-11-19)38-16-7-2/h10-15,17-18,27H,6-9,16H2,1-5H3/b25-17+/t27-/m1/s1. The number of allylic oxidation sites excluding steroid dienone is 1. The molecule has 0 spiro atoms. The van der Waals surface area contributed by atoms with Crippen LogP contribution in [-0.2, 0) is 9.53 Å². The number of aromatic nitrogens is 1. The van der Waals surface area contributed by atoms with Gasteiger partial charge in [-0.15, -0.1) is 0 Å². The van der Waals surface area contributed by atoms with Crippen molar-refractivity contribution in [1.29, 1.82) is 0 Å². The zero-order valence-electron chi connectivity index (χ0n) is 23.0. The number of nitrogens with zero attached hydrogens (tertiary/aromatic N) is 2. The highest BCUT2D eigenvalue weighted by Crippen LogP contribution is 2.38. The summed E-state index contributed by atoms with van der Waals surface area (Å²) in [6, 6.07) is 12.2. The summed E-state index contributed by atoms with van der Waals surface area (Å²) in [4.78, 5) is 32.7. The van der Waals surface area contributed by atoms with Gasteiger partial charge in [-0.2, -0.15) is 0 Å². The fourth-order valence-electron chi connectivity index (χ4n) is 4.50. The lowest BCUT2D eigenvalue weighted by Gasteiger charge is -2.27. The van der Waals surface area contributed by atoms with Gasteiger partial charge in [0.15, 0.2) is 4.80 Å². The molecule has 1 aliphatic rings. The number of hydrogen-bond acceptors (Lipinski definition) is 8. The van der Waals surface area contributed by atoms with Crippen molar-refractivity contribution in [3.05, 3.63) is 84.5 Å². The summed E-state index contributed by atoms with van der Waals surface area (Å²) in [5.74, 6) is 1.38. The molecule has 39 heavy (non-hydrogen) atoms. The van der Waals surface area contributed by atoms with E-state index in [1.54, 1.807) is 43.9 Å². The van der Waals surface area contributed by atoms with E-state index in [4.69, 9.17) is 23.9 Å². The molecule has 8 nitrogen and oxygen atoms in total. The third kappa shape index (κ3) is 5.93. The summed E-state index contributed by atoms with van der Waals surface area (Å²) in [5, 5.41) is 0. The van der Waals surface area contributed by atoms with Crippen LogP contribution in [0.2, 0.25) is 0 Å². The van der Waals surface area contributed by atoms with Crippen LogP contribution in [0.3, 0.4) is 0 Å². The molecule has 0 saturated carbocycles. The van der Waals surface area contributed by atoms with E-state index in [1.807, 2.05) is 37.3 Å². The van der Waals surface area contributed by atoms with Crippen LogP contribution in [0.4, 0.5) is 0 Å². The van der Waals surface area contributed by atoms with Crippen molar-refractivity contribution >= 4 is 23.4 Å². The van der Waals surface area contributed by atoms with E-state index in [1.165, 1.54) is 11.3 Å². The van der Waals surface area contributed by atoms with Crippen LogP contribution in [0.15, 0.2) is 63.5 Å². The molecule has 0 aliphatic carbocycles. The molecule has 0 saturated heterocycles. The molecule has 2 aromatic carbocycles. The topological polar surface area (TPSA) is 88.3 Å². The first-order chi connectivity index (χ1) is 18.9. The van der Waals surface area contributed by atoms with Gasteiger partial charge < -0.3 is 18.9 Å². The lowest BCUT2D eigenvalue weighted by atomic mass is 9.93. The Kier molecular flexibility index (Phi) is 9.24. The van der Waals surface area contributed by atoms with Crippen molar-refractivity contribution in [2.75, 3.05) is 27.4 Å². The number of benzene rings is 2. The number of hydrogen-bond donors (Lipinski definition) is 0. The van der Waals surface area contributed by atoms with Gasteiger partial charge in [0.25, 0.3) is 5.56 Å². The molecule has 0 unspecified atom stereocenters. The number of thiazole rings is 1. The second kappa shape index (κ2) is 12.8. The van der Waals surface area contributed by atoms with Crippen LogP contribution in [-0.4, -0.2) is 38.0 Å². The average molecular weight is 551 g/mol. The maximum absolute atomic E-state index is 14.0. The maximum Gasteiger partial charge on any atom is 0.338 e. The number of carbonyl (C=O) groups is 1. The summed E-state index contributed by atoms with van der Waals surface area (Å²) in [6.45, 7) is 6.69. The minimum Gasteiger partial charge on any atom is -0.497 e. The van der Waals surface area contributed by atoms with Crippen molar-refractivity contribution in [2.24, 2.45) is 4.99 Å². The van der Waals surface area contributed by atoms with Crippen molar-refractivity contribution in [3.8, 4) is 17.2 Å². The van der Waals surface area contributed by atoms with Crippen LogP contribution < -0.4 is 29.1 Å². The Morgan fingerprint density at radius 3 is 2.41 bits per heavy atom. The molecule has 1 aromatic heterocycles. The van der Waals surface area contributed by atoms with Crippen LogP contribution >= 0.6 is 11.3 Å². The number of esters is 1. The number of rotatable bonds is 11. The van der Waals surface area contributed by atoms with E-state index in [-0.39, 0.29) is 12.2 Å². The lowest BCUT2D eigenvalue weighted by Crippen LogP contribution is -2.40. The summed E-state index contributed by atoms with van der Waals surface area (Å²) < 4.78 is 24.4. The highest BCUT2D eigenvalue weighted by Gasteiger charge is 2.36. The molecule has 206 valence electrons. The Hall–Kier alpha value is -3.85.